The molecule has 0 bridgehead atoms. The maximum Gasteiger partial charge on any atom is 0.355 e. The van der Waals surface area contributed by atoms with Gasteiger partial charge in [-0.05, 0) is 77.0 Å². The largest absolute Gasteiger partial charge is 0.493 e. The van der Waals surface area contributed by atoms with E-state index in [1.165, 1.54) is 6.42 Å². The van der Waals surface area contributed by atoms with E-state index in [-0.39, 0.29) is 5.97 Å². The highest BCUT2D eigenvalue weighted by molar-refractivity contribution is 6.35. The summed E-state index contributed by atoms with van der Waals surface area (Å²) in [6.45, 7) is 17.9. The molecular weight excluding hydrogens is 646 g/mol. The Kier molecular flexibility index (Phi) is 10.6. The quantitative estimate of drug-likeness (QED) is 0.117. The first kappa shape index (κ1) is 36.0. The molecule has 5 aromatic rings. The number of aryl methyl sites for hydroxylation is 3. The summed E-state index contributed by atoms with van der Waals surface area (Å²) in [5, 5.41) is 12.3. The average Bonchev–Trinajstić information content (AvgIpc) is 3.76. The van der Waals surface area contributed by atoms with Crippen molar-refractivity contribution in [3.63, 3.8) is 0 Å². The van der Waals surface area contributed by atoms with E-state index in [2.05, 4.69) is 46.0 Å². The Bertz CT molecular complexity index is 2000. The van der Waals surface area contributed by atoms with Crippen LogP contribution < -0.4 is 10.1 Å². The number of nitrogens with one attached hydrogen (secondary N) is 1. The van der Waals surface area contributed by atoms with Crippen molar-refractivity contribution < 1.29 is 14.3 Å². The van der Waals surface area contributed by atoms with Crippen LogP contribution in [-0.2, 0) is 24.8 Å². The lowest BCUT2D eigenvalue weighted by molar-refractivity contribution is 0.00561. The second kappa shape index (κ2) is 14.8. The highest BCUT2D eigenvalue weighted by Crippen LogP contribution is 2.43. The topological polar surface area (TPSA) is 73.6 Å². The third-order valence-electron chi connectivity index (χ3n) is 9.85. The molecule has 1 N–H and O–H groups in total. The van der Waals surface area contributed by atoms with Gasteiger partial charge in [0.1, 0.15) is 17.0 Å². The lowest BCUT2D eigenvalue weighted by atomic mass is 9.98. The summed E-state index contributed by atoms with van der Waals surface area (Å²) < 4.78 is 16.6. The van der Waals surface area contributed by atoms with E-state index >= 15 is 0 Å². The molecule has 7 rings (SSSR count). The number of benzene rings is 3. The van der Waals surface area contributed by atoms with Gasteiger partial charge in [-0.3, -0.25) is 9.58 Å². The lowest BCUT2D eigenvalue weighted by Gasteiger charge is -2.28. The molecule has 2 aliphatic rings. The van der Waals surface area contributed by atoms with Gasteiger partial charge in [0.2, 0.25) is 0 Å². The number of fused-ring (bicyclic) bond motifs is 3. The van der Waals surface area contributed by atoms with Crippen molar-refractivity contribution in [2.24, 2.45) is 7.05 Å². The standard InChI is InChI=1S/C39H46ClN5O3.C2H6/c1-24-34(25(2)43(6)42-24)35-30(40)17-16-29-28(14-10-22-47-33-15-9-12-26-11-7-8-13-27(26)33)37(38(46)48-39(3,4)5)45(36(29)35)21-20-44-19-18-41-31-23-32(31)44;1-2/h7-9,11-13,15-17,31-32,41H,10,14,18-23H2,1-6H3;1-2H3. The molecule has 0 radical (unpaired) electrons. The SMILES string of the molecule is CC.Cc1nn(C)c(C)c1-c1c(Cl)ccc2c(CCCOc3cccc4ccccc34)c(C(=O)OC(C)(C)C)n(CCN3CCNC4CC43)c12. The van der Waals surface area contributed by atoms with Gasteiger partial charge in [-0.2, -0.15) is 5.10 Å². The van der Waals surface area contributed by atoms with Crippen LogP contribution in [0.2, 0.25) is 5.02 Å². The number of hydrogen-bond acceptors (Lipinski definition) is 6. The summed E-state index contributed by atoms with van der Waals surface area (Å²) in [6, 6.07) is 19.6. The fourth-order valence-electron chi connectivity index (χ4n) is 7.53. The molecule has 1 saturated heterocycles. The monoisotopic (exact) mass is 697 g/mol. The summed E-state index contributed by atoms with van der Waals surface area (Å²) in [5.74, 6) is 0.559. The maximum absolute atomic E-state index is 14.3. The Hall–Kier alpha value is -3.85. The first-order chi connectivity index (χ1) is 24.0. The molecule has 1 aliphatic carbocycles. The summed E-state index contributed by atoms with van der Waals surface area (Å²) in [7, 11) is 1.96. The van der Waals surface area contributed by atoms with Crippen LogP contribution in [0.15, 0.2) is 54.6 Å². The van der Waals surface area contributed by atoms with Crippen molar-refractivity contribution in [2.75, 3.05) is 26.2 Å². The van der Waals surface area contributed by atoms with Crippen molar-refractivity contribution >= 4 is 39.2 Å². The lowest BCUT2D eigenvalue weighted by Crippen LogP contribution is -2.44. The molecule has 1 saturated carbocycles. The summed E-state index contributed by atoms with van der Waals surface area (Å²) >= 11 is 7.13. The third-order valence-corrected chi connectivity index (χ3v) is 10.2. The third kappa shape index (κ3) is 7.16. The Morgan fingerprint density at radius 2 is 1.76 bits per heavy atom. The van der Waals surface area contributed by atoms with E-state index in [1.54, 1.807) is 0 Å². The Morgan fingerprint density at radius 1 is 1.00 bits per heavy atom. The van der Waals surface area contributed by atoms with Crippen LogP contribution in [0, 0.1) is 13.8 Å². The molecule has 0 amide bonds. The number of aromatic nitrogens is 3. The van der Waals surface area contributed by atoms with Crippen molar-refractivity contribution in [1.82, 2.24) is 24.6 Å². The van der Waals surface area contributed by atoms with Crippen molar-refractivity contribution in [3.8, 4) is 16.9 Å². The minimum Gasteiger partial charge on any atom is -0.493 e. The van der Waals surface area contributed by atoms with Crippen LogP contribution in [0.25, 0.3) is 32.8 Å². The fraction of sp³-hybridized carbons (Fsp3) is 0.463. The summed E-state index contributed by atoms with van der Waals surface area (Å²) in [5.41, 5.74) is 5.77. The zero-order valence-corrected chi connectivity index (χ0v) is 31.7. The first-order valence-corrected chi connectivity index (χ1v) is 18.5. The molecular formula is C41H52ClN5O3. The molecule has 266 valence electrons. The van der Waals surface area contributed by atoms with Gasteiger partial charge in [0.05, 0.1) is 22.8 Å². The Balaban J connectivity index is 0.00000212. The van der Waals surface area contributed by atoms with Crippen LogP contribution >= 0.6 is 11.6 Å². The number of ether oxygens (including phenoxy) is 2. The van der Waals surface area contributed by atoms with Gasteiger partial charge in [-0.1, -0.05) is 67.9 Å². The van der Waals surface area contributed by atoms with Crippen LogP contribution in [-0.4, -0.2) is 69.1 Å². The molecule has 2 fully saturated rings. The second-order valence-corrected chi connectivity index (χ2v) is 14.7. The zero-order valence-electron chi connectivity index (χ0n) is 30.9. The average molecular weight is 698 g/mol. The van der Waals surface area contributed by atoms with Crippen molar-refractivity contribution in [2.45, 2.75) is 92.0 Å². The molecule has 2 aromatic heterocycles. The molecule has 50 heavy (non-hydrogen) atoms. The van der Waals surface area contributed by atoms with Gasteiger partial charge in [0.25, 0.3) is 0 Å². The molecule has 3 heterocycles. The van der Waals surface area contributed by atoms with Gasteiger partial charge in [-0.15, -0.1) is 0 Å². The predicted molar refractivity (Wildman–Crippen MR) is 205 cm³/mol. The minimum atomic E-state index is -0.649. The van der Waals surface area contributed by atoms with E-state index in [4.69, 9.17) is 26.2 Å². The first-order valence-electron chi connectivity index (χ1n) is 18.2. The molecule has 9 heteroatoms. The second-order valence-electron chi connectivity index (χ2n) is 14.3. The summed E-state index contributed by atoms with van der Waals surface area (Å²) in [6.07, 6.45) is 2.55. The number of hydrogen-bond donors (Lipinski definition) is 1. The number of nitrogens with zero attached hydrogens (tertiary/aromatic N) is 4. The number of halogens is 1. The number of rotatable bonds is 10. The molecule has 2 atom stereocenters. The highest BCUT2D eigenvalue weighted by atomic mass is 35.5. The molecule has 1 aliphatic heterocycles. The number of carbonyl (C=O) groups is 1. The number of piperazine rings is 1. The van der Waals surface area contributed by atoms with Gasteiger partial charge in [0.15, 0.2) is 0 Å². The van der Waals surface area contributed by atoms with Crippen molar-refractivity contribution in [1.29, 1.82) is 0 Å². The molecule has 0 spiro atoms. The van der Waals surface area contributed by atoms with Gasteiger partial charge in [0, 0.05) is 72.9 Å². The Labute approximate surface area is 301 Å². The number of esters is 1. The summed E-state index contributed by atoms with van der Waals surface area (Å²) in [4.78, 5) is 16.9. The van der Waals surface area contributed by atoms with Crippen LogP contribution in [0.4, 0.5) is 0 Å². The van der Waals surface area contributed by atoms with E-state index in [1.807, 2.05) is 83.6 Å². The van der Waals surface area contributed by atoms with Gasteiger partial charge < -0.3 is 19.4 Å². The van der Waals surface area contributed by atoms with E-state index in [0.717, 1.165) is 81.6 Å². The van der Waals surface area contributed by atoms with Gasteiger partial charge in [-0.25, -0.2) is 4.79 Å². The zero-order chi connectivity index (χ0) is 35.7. The molecule has 3 aromatic carbocycles. The smallest absolute Gasteiger partial charge is 0.355 e. The van der Waals surface area contributed by atoms with E-state index in [0.29, 0.717) is 42.4 Å². The van der Waals surface area contributed by atoms with E-state index in [9.17, 15) is 4.79 Å². The van der Waals surface area contributed by atoms with Gasteiger partial charge >= 0.3 is 5.97 Å². The molecule has 2 unspecified atom stereocenters. The van der Waals surface area contributed by atoms with Crippen LogP contribution in [0.5, 0.6) is 5.75 Å². The fourth-order valence-corrected chi connectivity index (χ4v) is 7.77. The Morgan fingerprint density at radius 3 is 2.50 bits per heavy atom. The van der Waals surface area contributed by atoms with Crippen LogP contribution in [0.3, 0.4) is 0 Å². The van der Waals surface area contributed by atoms with E-state index < -0.39 is 5.60 Å². The predicted octanol–water partition coefficient (Wildman–Crippen LogP) is 8.50. The minimum absolute atomic E-state index is 0.310. The maximum atomic E-state index is 14.3. The van der Waals surface area contributed by atoms with Crippen molar-refractivity contribution in [3.05, 3.63) is 82.3 Å². The molecule has 8 nitrogen and oxygen atoms in total. The normalized spacial score (nSPS) is 17.4. The highest BCUT2D eigenvalue weighted by Gasteiger charge is 2.44. The number of carbonyl (C=O) groups excluding carboxylic acids is 1. The van der Waals surface area contributed by atoms with Crippen LogP contribution in [0.1, 0.15) is 74.9 Å².